The van der Waals surface area contributed by atoms with Gasteiger partial charge < -0.3 is 4.74 Å². The summed E-state index contributed by atoms with van der Waals surface area (Å²) < 4.78 is 42.5. The molecule has 0 amide bonds. The molecule has 5 heteroatoms. The second kappa shape index (κ2) is 5.00. The Labute approximate surface area is 103 Å². The molecule has 1 aliphatic carbocycles. The lowest BCUT2D eigenvalue weighted by Gasteiger charge is -2.25. The standard InChI is InChI=1S/C13H13F3O2/c14-13(15,16)12(17)10-6-1-2-7-11(10)18-8-9-4-3-5-9/h1-2,6-7,9H,3-5,8H2. The van der Waals surface area contributed by atoms with Crippen LogP contribution in [0.4, 0.5) is 13.2 Å². The lowest BCUT2D eigenvalue weighted by Crippen LogP contribution is -2.24. The molecule has 0 N–H and O–H groups in total. The van der Waals surface area contributed by atoms with Gasteiger partial charge in [0.15, 0.2) is 0 Å². The van der Waals surface area contributed by atoms with Crippen LogP contribution >= 0.6 is 0 Å². The molecule has 0 atom stereocenters. The molecule has 18 heavy (non-hydrogen) atoms. The predicted molar refractivity (Wildman–Crippen MR) is 59.7 cm³/mol. The van der Waals surface area contributed by atoms with E-state index in [1.807, 2.05) is 0 Å². The van der Waals surface area contributed by atoms with Crippen LogP contribution in [0.3, 0.4) is 0 Å². The maximum atomic E-state index is 12.4. The summed E-state index contributed by atoms with van der Waals surface area (Å²) in [5.41, 5.74) is -0.413. The molecule has 2 nitrogen and oxygen atoms in total. The molecule has 98 valence electrons. The van der Waals surface area contributed by atoms with Gasteiger partial charge in [-0.25, -0.2) is 0 Å². The lowest BCUT2D eigenvalue weighted by atomic mass is 9.86. The van der Waals surface area contributed by atoms with E-state index in [-0.39, 0.29) is 5.75 Å². The highest BCUT2D eigenvalue weighted by molar-refractivity contribution is 6.02. The summed E-state index contributed by atoms with van der Waals surface area (Å²) in [5.74, 6) is -1.43. The Morgan fingerprint density at radius 1 is 1.28 bits per heavy atom. The fourth-order valence-corrected chi connectivity index (χ4v) is 1.80. The molecule has 0 bridgehead atoms. The van der Waals surface area contributed by atoms with E-state index < -0.39 is 17.5 Å². The van der Waals surface area contributed by atoms with Gasteiger partial charge in [0.2, 0.25) is 0 Å². The number of para-hydroxylation sites is 1. The van der Waals surface area contributed by atoms with E-state index >= 15 is 0 Å². The largest absolute Gasteiger partial charge is 0.493 e. The Balaban J connectivity index is 2.11. The lowest BCUT2D eigenvalue weighted by molar-refractivity contribution is -0.0886. The first kappa shape index (κ1) is 12.9. The summed E-state index contributed by atoms with van der Waals surface area (Å²) in [6.45, 7) is 0.377. The zero-order valence-corrected chi connectivity index (χ0v) is 9.67. The number of alkyl halides is 3. The molecule has 0 unspecified atom stereocenters. The molecule has 0 saturated heterocycles. The Hall–Kier alpha value is -1.52. The van der Waals surface area contributed by atoms with Crippen molar-refractivity contribution in [3.63, 3.8) is 0 Å². The van der Waals surface area contributed by atoms with Gasteiger partial charge in [-0.3, -0.25) is 4.79 Å². The molecule has 1 saturated carbocycles. The van der Waals surface area contributed by atoms with Crippen LogP contribution in [0, 0.1) is 5.92 Å². The molecule has 1 fully saturated rings. The van der Waals surface area contributed by atoms with E-state index in [2.05, 4.69) is 0 Å². The van der Waals surface area contributed by atoms with Crippen molar-refractivity contribution in [2.45, 2.75) is 25.4 Å². The highest BCUT2D eigenvalue weighted by atomic mass is 19.4. The average molecular weight is 258 g/mol. The first-order valence-electron chi connectivity index (χ1n) is 5.82. The SMILES string of the molecule is O=C(c1ccccc1OCC1CCC1)C(F)(F)F. The Bertz CT molecular complexity index is 436. The van der Waals surface area contributed by atoms with Crippen molar-refractivity contribution in [2.24, 2.45) is 5.92 Å². The van der Waals surface area contributed by atoms with Crippen molar-refractivity contribution in [1.29, 1.82) is 0 Å². The van der Waals surface area contributed by atoms with Gasteiger partial charge in [-0.05, 0) is 30.9 Å². The third kappa shape index (κ3) is 2.83. The highest BCUT2D eigenvalue weighted by Gasteiger charge is 2.40. The number of benzene rings is 1. The minimum absolute atomic E-state index is 0.0201. The molecular weight excluding hydrogens is 245 g/mol. The zero-order chi connectivity index (χ0) is 13.2. The summed E-state index contributed by atoms with van der Waals surface area (Å²) in [5, 5.41) is 0. The molecule has 1 aromatic rings. The van der Waals surface area contributed by atoms with Crippen molar-refractivity contribution in [2.75, 3.05) is 6.61 Å². The smallest absolute Gasteiger partial charge is 0.455 e. The van der Waals surface area contributed by atoms with Gasteiger partial charge in [-0.1, -0.05) is 18.6 Å². The molecule has 0 aliphatic heterocycles. The highest BCUT2D eigenvalue weighted by Crippen LogP contribution is 2.30. The van der Waals surface area contributed by atoms with Crippen molar-refractivity contribution in [1.82, 2.24) is 0 Å². The van der Waals surface area contributed by atoms with Gasteiger partial charge in [0.25, 0.3) is 5.78 Å². The normalized spacial score (nSPS) is 16.2. The molecule has 0 radical (unpaired) electrons. The Morgan fingerprint density at radius 3 is 2.50 bits per heavy atom. The van der Waals surface area contributed by atoms with Crippen LogP contribution in [0.15, 0.2) is 24.3 Å². The fourth-order valence-electron chi connectivity index (χ4n) is 1.80. The van der Waals surface area contributed by atoms with E-state index in [0.717, 1.165) is 25.3 Å². The number of hydrogen-bond acceptors (Lipinski definition) is 2. The number of ketones is 1. The van der Waals surface area contributed by atoms with Gasteiger partial charge >= 0.3 is 6.18 Å². The number of Topliss-reactive ketones (excluding diaryl/α,β-unsaturated/α-hetero) is 1. The van der Waals surface area contributed by atoms with Crippen LogP contribution in [-0.2, 0) is 0 Å². The molecule has 1 aromatic carbocycles. The number of carbonyl (C=O) groups is 1. The summed E-state index contributed by atoms with van der Waals surface area (Å²) in [7, 11) is 0. The maximum Gasteiger partial charge on any atom is 0.455 e. The minimum Gasteiger partial charge on any atom is -0.493 e. The molecule has 0 heterocycles. The van der Waals surface area contributed by atoms with E-state index in [1.165, 1.54) is 12.1 Å². The van der Waals surface area contributed by atoms with Gasteiger partial charge in [-0.2, -0.15) is 13.2 Å². The van der Waals surface area contributed by atoms with Crippen LogP contribution in [0.2, 0.25) is 0 Å². The summed E-state index contributed by atoms with van der Waals surface area (Å²) >= 11 is 0. The van der Waals surface area contributed by atoms with Gasteiger partial charge in [0, 0.05) is 0 Å². The second-order valence-electron chi connectivity index (χ2n) is 4.43. The van der Waals surface area contributed by atoms with E-state index in [9.17, 15) is 18.0 Å². The topological polar surface area (TPSA) is 26.3 Å². The monoisotopic (exact) mass is 258 g/mol. The van der Waals surface area contributed by atoms with E-state index in [0.29, 0.717) is 12.5 Å². The van der Waals surface area contributed by atoms with Gasteiger partial charge in [0.05, 0.1) is 12.2 Å². The van der Waals surface area contributed by atoms with Crippen LogP contribution in [0.25, 0.3) is 0 Å². The van der Waals surface area contributed by atoms with Crippen molar-refractivity contribution in [3.05, 3.63) is 29.8 Å². The van der Waals surface area contributed by atoms with Crippen molar-refractivity contribution < 1.29 is 22.7 Å². The van der Waals surface area contributed by atoms with Crippen LogP contribution in [0.1, 0.15) is 29.6 Å². The van der Waals surface area contributed by atoms with E-state index in [4.69, 9.17) is 4.74 Å². The third-order valence-electron chi connectivity index (χ3n) is 3.09. The quantitative estimate of drug-likeness (QED) is 0.771. The molecule has 0 spiro atoms. The van der Waals surface area contributed by atoms with Crippen molar-refractivity contribution in [3.8, 4) is 5.75 Å². The minimum atomic E-state index is -4.87. The number of carbonyl (C=O) groups excluding carboxylic acids is 1. The summed E-state index contributed by atoms with van der Waals surface area (Å²) in [6.07, 6.45) is -1.65. The van der Waals surface area contributed by atoms with Crippen LogP contribution in [-0.4, -0.2) is 18.6 Å². The average Bonchev–Trinajstić information content (AvgIpc) is 2.25. The van der Waals surface area contributed by atoms with Crippen LogP contribution in [0.5, 0.6) is 5.75 Å². The Morgan fingerprint density at radius 2 is 1.94 bits per heavy atom. The first-order chi connectivity index (χ1) is 8.48. The maximum absolute atomic E-state index is 12.4. The first-order valence-corrected chi connectivity index (χ1v) is 5.82. The number of halogens is 3. The third-order valence-corrected chi connectivity index (χ3v) is 3.09. The Kier molecular flexibility index (Phi) is 3.59. The number of hydrogen-bond donors (Lipinski definition) is 0. The van der Waals surface area contributed by atoms with E-state index in [1.54, 1.807) is 6.07 Å². The number of ether oxygens (including phenoxy) is 1. The van der Waals surface area contributed by atoms with Gasteiger partial charge in [-0.15, -0.1) is 0 Å². The summed E-state index contributed by atoms with van der Waals surface area (Å²) in [6, 6.07) is 5.50. The number of rotatable bonds is 4. The predicted octanol–water partition coefficient (Wildman–Crippen LogP) is 3.61. The van der Waals surface area contributed by atoms with Crippen molar-refractivity contribution >= 4 is 5.78 Å². The zero-order valence-electron chi connectivity index (χ0n) is 9.67. The van der Waals surface area contributed by atoms with Crippen LogP contribution < -0.4 is 4.74 Å². The van der Waals surface area contributed by atoms with Gasteiger partial charge in [0.1, 0.15) is 5.75 Å². The second-order valence-corrected chi connectivity index (χ2v) is 4.43. The fraction of sp³-hybridized carbons (Fsp3) is 0.462. The molecule has 1 aliphatic rings. The molecule has 0 aromatic heterocycles. The molecule has 2 rings (SSSR count). The summed E-state index contributed by atoms with van der Waals surface area (Å²) in [4.78, 5) is 11.2. The molecular formula is C13H13F3O2.